The van der Waals surface area contributed by atoms with E-state index in [0.717, 1.165) is 36.1 Å². The summed E-state index contributed by atoms with van der Waals surface area (Å²) in [6.07, 6.45) is 2.75. The van der Waals surface area contributed by atoms with Gasteiger partial charge in [0, 0.05) is 42.0 Å². The van der Waals surface area contributed by atoms with Crippen LogP contribution in [0.4, 0.5) is 0 Å². The Bertz CT molecular complexity index is 1130. The molecule has 2 aromatic rings. The van der Waals surface area contributed by atoms with Crippen molar-refractivity contribution < 1.29 is 24.2 Å². The van der Waals surface area contributed by atoms with Crippen molar-refractivity contribution in [2.75, 3.05) is 19.7 Å². The fourth-order valence-electron chi connectivity index (χ4n) is 4.63. The van der Waals surface area contributed by atoms with Crippen LogP contribution in [0.3, 0.4) is 0 Å². The second-order valence-electron chi connectivity index (χ2n) is 9.54. The first-order valence-electron chi connectivity index (χ1n) is 12.2. The highest BCUT2D eigenvalue weighted by Gasteiger charge is 2.32. The number of carboxylic acids is 1. The molecule has 2 aliphatic rings. The number of carbonyl (C=O) groups is 3. The number of benzene rings is 2. The fourth-order valence-corrected chi connectivity index (χ4v) is 5.17. The predicted molar refractivity (Wildman–Crippen MR) is 137 cm³/mol. The average molecular weight is 533 g/mol. The zero-order chi connectivity index (χ0) is 25.8. The highest BCUT2D eigenvalue weighted by Crippen LogP contribution is 2.38. The lowest BCUT2D eigenvalue weighted by Gasteiger charge is -2.32. The Balaban J connectivity index is 1.48. The molecular formula is C27H30Cl2N2O5. The Kier molecular flexibility index (Phi) is 8.54. The Hall–Kier alpha value is -2.61. The summed E-state index contributed by atoms with van der Waals surface area (Å²) in [5.41, 5.74) is 2.72. The van der Waals surface area contributed by atoms with Gasteiger partial charge in [0.2, 0.25) is 11.8 Å². The Morgan fingerprint density at radius 2 is 1.86 bits per heavy atom. The maximum Gasteiger partial charge on any atom is 0.305 e. The molecular weight excluding hydrogens is 503 g/mol. The molecule has 0 bridgehead atoms. The van der Waals surface area contributed by atoms with Crippen molar-refractivity contribution in [3.8, 4) is 5.75 Å². The summed E-state index contributed by atoms with van der Waals surface area (Å²) in [6.45, 7) is 3.77. The maximum atomic E-state index is 11.8. The lowest BCUT2D eigenvalue weighted by molar-refractivity contribution is -0.140. The monoisotopic (exact) mass is 532 g/mol. The number of rotatable bonds is 12. The van der Waals surface area contributed by atoms with Crippen LogP contribution < -0.4 is 4.74 Å². The Labute approximate surface area is 220 Å². The molecule has 36 heavy (non-hydrogen) atoms. The van der Waals surface area contributed by atoms with Crippen LogP contribution in [0.25, 0.3) is 0 Å². The lowest BCUT2D eigenvalue weighted by atomic mass is 10.00. The summed E-state index contributed by atoms with van der Waals surface area (Å²) in [6, 6.07) is 10.7. The van der Waals surface area contributed by atoms with E-state index < -0.39 is 5.97 Å². The molecule has 0 spiro atoms. The van der Waals surface area contributed by atoms with Crippen molar-refractivity contribution in [3.63, 3.8) is 0 Å². The third-order valence-electron chi connectivity index (χ3n) is 6.67. The zero-order valence-corrected chi connectivity index (χ0v) is 21.7. The van der Waals surface area contributed by atoms with E-state index in [-0.39, 0.29) is 50.3 Å². The Morgan fingerprint density at radius 3 is 2.47 bits per heavy atom. The van der Waals surface area contributed by atoms with Gasteiger partial charge >= 0.3 is 5.97 Å². The third kappa shape index (κ3) is 6.78. The molecule has 7 nitrogen and oxygen atoms in total. The number of carboxylic acid groups (broad SMARTS) is 1. The van der Waals surface area contributed by atoms with Gasteiger partial charge in [-0.25, -0.2) is 0 Å². The van der Waals surface area contributed by atoms with Gasteiger partial charge in [-0.05, 0) is 60.6 Å². The van der Waals surface area contributed by atoms with Crippen molar-refractivity contribution >= 4 is 41.0 Å². The van der Waals surface area contributed by atoms with Crippen molar-refractivity contribution in [1.29, 1.82) is 0 Å². The highest BCUT2D eigenvalue weighted by molar-refractivity contribution is 6.35. The number of aliphatic carboxylic acids is 1. The van der Waals surface area contributed by atoms with Crippen LogP contribution in [0.15, 0.2) is 36.4 Å². The van der Waals surface area contributed by atoms with E-state index in [2.05, 4.69) is 4.90 Å². The first kappa shape index (κ1) is 26.5. The van der Waals surface area contributed by atoms with Gasteiger partial charge in [-0.3, -0.25) is 24.2 Å². The molecule has 2 amide bonds. The van der Waals surface area contributed by atoms with Gasteiger partial charge in [0.25, 0.3) is 0 Å². The molecule has 2 fully saturated rings. The summed E-state index contributed by atoms with van der Waals surface area (Å²) in [5, 5.41) is 10.6. The molecule has 1 saturated heterocycles. The summed E-state index contributed by atoms with van der Waals surface area (Å²) in [4.78, 5) is 38.8. The normalized spacial score (nSPS) is 16.6. The van der Waals surface area contributed by atoms with Crippen LogP contribution in [-0.4, -0.2) is 52.4 Å². The van der Waals surface area contributed by atoms with Crippen molar-refractivity contribution in [3.05, 3.63) is 63.1 Å². The van der Waals surface area contributed by atoms with Crippen molar-refractivity contribution in [2.24, 2.45) is 5.92 Å². The molecule has 192 valence electrons. The second-order valence-corrected chi connectivity index (χ2v) is 10.4. The summed E-state index contributed by atoms with van der Waals surface area (Å²) >= 11 is 12.6. The quantitative estimate of drug-likeness (QED) is 0.375. The van der Waals surface area contributed by atoms with Crippen LogP contribution in [-0.2, 0) is 20.9 Å². The summed E-state index contributed by atoms with van der Waals surface area (Å²) in [5.74, 6) is 0.0504. The first-order valence-corrected chi connectivity index (χ1v) is 12.9. The molecule has 2 aromatic carbocycles. The summed E-state index contributed by atoms with van der Waals surface area (Å²) < 4.78 is 5.86. The van der Waals surface area contributed by atoms with E-state index in [9.17, 15) is 19.5 Å². The molecule has 1 aliphatic carbocycles. The molecule has 1 unspecified atom stereocenters. The van der Waals surface area contributed by atoms with E-state index in [1.54, 1.807) is 12.1 Å². The van der Waals surface area contributed by atoms with Crippen LogP contribution in [0.1, 0.15) is 54.8 Å². The van der Waals surface area contributed by atoms with Gasteiger partial charge in [0.1, 0.15) is 12.4 Å². The Morgan fingerprint density at radius 1 is 1.14 bits per heavy atom. The lowest BCUT2D eigenvalue weighted by Crippen LogP contribution is -2.33. The number of halogens is 2. The zero-order valence-electron chi connectivity index (χ0n) is 20.2. The molecule has 1 N–H and O–H groups in total. The number of amides is 2. The van der Waals surface area contributed by atoms with Gasteiger partial charge in [0.15, 0.2) is 0 Å². The maximum absolute atomic E-state index is 11.8. The van der Waals surface area contributed by atoms with Crippen LogP contribution in [0.5, 0.6) is 5.75 Å². The van der Waals surface area contributed by atoms with Gasteiger partial charge < -0.3 is 9.84 Å². The van der Waals surface area contributed by atoms with E-state index >= 15 is 0 Å². The number of imide groups is 1. The van der Waals surface area contributed by atoms with E-state index in [4.69, 9.17) is 27.9 Å². The summed E-state index contributed by atoms with van der Waals surface area (Å²) in [7, 11) is 0. The largest absolute Gasteiger partial charge is 0.491 e. The topological polar surface area (TPSA) is 87.2 Å². The van der Waals surface area contributed by atoms with Crippen LogP contribution in [0.2, 0.25) is 10.0 Å². The van der Waals surface area contributed by atoms with Gasteiger partial charge in [-0.2, -0.15) is 0 Å². The number of ether oxygens (including phenoxy) is 1. The molecule has 1 heterocycles. The van der Waals surface area contributed by atoms with E-state index in [1.807, 2.05) is 31.2 Å². The minimum absolute atomic E-state index is 0.0673. The fraction of sp³-hybridized carbons (Fsp3) is 0.444. The SMILES string of the molecule is Cc1cc(CN(CC2CC2)C(CC(=O)O)c2ccc(Cl)cc2Cl)ccc1OCCN1C(=O)CCC1=O. The molecule has 4 rings (SSSR count). The number of carbonyl (C=O) groups excluding carboxylic acids is 2. The molecule has 0 radical (unpaired) electrons. The van der Waals surface area contributed by atoms with Crippen LogP contribution in [0, 0.1) is 12.8 Å². The second kappa shape index (κ2) is 11.6. The smallest absolute Gasteiger partial charge is 0.305 e. The van der Waals surface area contributed by atoms with E-state index in [1.165, 1.54) is 4.90 Å². The van der Waals surface area contributed by atoms with Crippen LogP contribution >= 0.6 is 23.2 Å². The molecule has 0 aromatic heterocycles. The molecule has 1 aliphatic heterocycles. The van der Waals surface area contributed by atoms with Crippen molar-refractivity contribution in [2.45, 2.75) is 51.6 Å². The number of likely N-dealkylation sites (tertiary alicyclic amines) is 1. The number of hydrogen-bond donors (Lipinski definition) is 1. The number of nitrogens with zero attached hydrogens (tertiary/aromatic N) is 2. The molecule has 1 saturated carbocycles. The number of aryl methyl sites for hydroxylation is 1. The first-order chi connectivity index (χ1) is 17.2. The predicted octanol–water partition coefficient (Wildman–Crippen LogP) is 5.26. The van der Waals surface area contributed by atoms with Gasteiger partial charge in [-0.15, -0.1) is 0 Å². The van der Waals surface area contributed by atoms with Crippen molar-refractivity contribution in [1.82, 2.24) is 9.80 Å². The van der Waals surface area contributed by atoms with Gasteiger partial charge in [-0.1, -0.05) is 41.4 Å². The average Bonchev–Trinajstić information content (AvgIpc) is 3.58. The molecule has 9 heteroatoms. The molecule has 1 atom stereocenters. The van der Waals surface area contributed by atoms with Gasteiger partial charge in [0.05, 0.1) is 13.0 Å². The standard InChI is InChI=1S/C27H30Cl2N2O5/c1-17-12-19(4-7-24(17)36-11-10-31-25(32)8-9-26(31)33)16-30(15-18-2-3-18)23(14-27(34)35)21-6-5-20(28)13-22(21)29/h4-7,12-13,18,23H,2-3,8-11,14-16H2,1H3,(H,34,35). The van der Waals surface area contributed by atoms with E-state index in [0.29, 0.717) is 28.3 Å². The minimum Gasteiger partial charge on any atom is -0.491 e. The highest BCUT2D eigenvalue weighted by atomic mass is 35.5. The third-order valence-corrected chi connectivity index (χ3v) is 7.23. The minimum atomic E-state index is -0.887. The number of hydrogen-bond acceptors (Lipinski definition) is 5.